The van der Waals surface area contributed by atoms with Gasteiger partial charge in [-0.1, -0.05) is 301 Å². The topological polar surface area (TPSA) is 78.9 Å². The molecule has 0 N–H and O–H groups in total. The van der Waals surface area contributed by atoms with E-state index in [1.54, 1.807) is 0 Å². The summed E-state index contributed by atoms with van der Waals surface area (Å²) in [5, 5.41) is 0. The minimum Gasteiger partial charge on any atom is -0.462 e. The third-order valence-electron chi connectivity index (χ3n) is 13.8. The number of allylic oxidation sites excluding steroid dienone is 8. The highest BCUT2D eigenvalue weighted by Gasteiger charge is 2.19. The molecule has 0 aliphatic rings. The van der Waals surface area contributed by atoms with Crippen molar-refractivity contribution in [3.05, 3.63) is 48.6 Å². The molecule has 0 saturated carbocycles. The molecule has 0 aliphatic heterocycles. The first-order valence-electron chi connectivity index (χ1n) is 31.1. The number of ether oxygens (including phenoxy) is 3. The third kappa shape index (κ3) is 58.1. The summed E-state index contributed by atoms with van der Waals surface area (Å²) in [6.45, 7) is 6.55. The zero-order chi connectivity index (χ0) is 51.4. The van der Waals surface area contributed by atoms with Crippen molar-refractivity contribution in [2.75, 3.05) is 13.2 Å². The molecule has 0 saturated heterocycles. The summed E-state index contributed by atoms with van der Waals surface area (Å²) < 4.78 is 16.9. The molecule has 0 aromatic carbocycles. The first-order chi connectivity index (χ1) is 35.0. The standard InChI is InChI=1S/C65H118O6/c1-4-7-10-13-16-19-21-23-25-27-29-31-33-35-36-38-40-42-44-46-49-52-55-58-64(67)70-61-62(60-69-63(66)57-54-51-48-18-15-12-9-6-3)71-65(68)59-56-53-50-47-45-43-41-39-37-34-32-30-28-26-24-22-20-17-14-11-8-5-2/h7,10,16,19,23,25,29,31,62H,4-6,8-9,11-15,17-18,20-22,24,26-28,30,32-61H2,1-3H3/b10-7-,19-16-,25-23-,31-29-. The fourth-order valence-corrected chi connectivity index (χ4v) is 9.20. The second kappa shape index (κ2) is 59.9. The van der Waals surface area contributed by atoms with Gasteiger partial charge in [-0.15, -0.1) is 0 Å². The molecule has 1 unspecified atom stereocenters. The molecule has 0 rings (SSSR count). The van der Waals surface area contributed by atoms with E-state index >= 15 is 0 Å². The van der Waals surface area contributed by atoms with Crippen molar-refractivity contribution in [3.63, 3.8) is 0 Å². The van der Waals surface area contributed by atoms with E-state index in [9.17, 15) is 14.4 Å². The smallest absolute Gasteiger partial charge is 0.306 e. The lowest BCUT2D eigenvalue weighted by atomic mass is 10.0. The summed E-state index contributed by atoms with van der Waals surface area (Å²) in [4.78, 5) is 38.1. The average Bonchev–Trinajstić information content (AvgIpc) is 3.37. The van der Waals surface area contributed by atoms with Gasteiger partial charge in [-0.3, -0.25) is 14.4 Å². The van der Waals surface area contributed by atoms with Crippen LogP contribution in [0.3, 0.4) is 0 Å². The van der Waals surface area contributed by atoms with E-state index in [0.717, 1.165) is 83.5 Å². The molecule has 0 spiro atoms. The number of rotatable bonds is 57. The van der Waals surface area contributed by atoms with Crippen LogP contribution >= 0.6 is 0 Å². The molecule has 0 aliphatic carbocycles. The Morgan fingerprint density at radius 2 is 0.549 bits per heavy atom. The van der Waals surface area contributed by atoms with Crippen molar-refractivity contribution in [3.8, 4) is 0 Å². The van der Waals surface area contributed by atoms with Crippen LogP contribution in [0.15, 0.2) is 48.6 Å². The summed E-state index contributed by atoms with van der Waals surface area (Å²) in [6.07, 6.45) is 74.2. The third-order valence-corrected chi connectivity index (χ3v) is 13.8. The Morgan fingerprint density at radius 3 is 0.859 bits per heavy atom. The van der Waals surface area contributed by atoms with Gasteiger partial charge in [-0.25, -0.2) is 0 Å². The van der Waals surface area contributed by atoms with Crippen LogP contribution in [-0.2, 0) is 28.6 Å². The molecule has 0 fully saturated rings. The van der Waals surface area contributed by atoms with Gasteiger partial charge in [0.25, 0.3) is 0 Å². The lowest BCUT2D eigenvalue weighted by Crippen LogP contribution is -2.30. The average molecular weight is 996 g/mol. The first kappa shape index (κ1) is 68.4. The molecule has 1 atom stereocenters. The SMILES string of the molecule is CC/C=C\C/C=C\C/C=C\C/C=C\CCCCCCCCCCCCC(=O)OCC(COC(=O)CCCCCCCCCC)OC(=O)CCCCCCCCCCCCCCCCCCCCCCCC. The molecule has 0 aromatic rings. The number of carbonyl (C=O) groups excluding carboxylic acids is 3. The minimum absolute atomic E-state index is 0.0699. The van der Waals surface area contributed by atoms with E-state index in [0.29, 0.717) is 19.3 Å². The Morgan fingerprint density at radius 1 is 0.296 bits per heavy atom. The van der Waals surface area contributed by atoms with Crippen LogP contribution in [0.5, 0.6) is 0 Å². The van der Waals surface area contributed by atoms with Crippen molar-refractivity contribution in [2.24, 2.45) is 0 Å². The maximum Gasteiger partial charge on any atom is 0.306 e. The largest absolute Gasteiger partial charge is 0.462 e. The zero-order valence-electron chi connectivity index (χ0n) is 47.5. The van der Waals surface area contributed by atoms with E-state index < -0.39 is 6.10 Å². The summed E-state index contributed by atoms with van der Waals surface area (Å²) in [5.41, 5.74) is 0. The molecule has 0 amide bonds. The molecule has 6 heteroatoms. The van der Waals surface area contributed by atoms with Gasteiger partial charge in [0.1, 0.15) is 13.2 Å². The number of unbranched alkanes of at least 4 members (excludes halogenated alkanes) is 38. The van der Waals surface area contributed by atoms with Gasteiger partial charge in [-0.05, 0) is 57.8 Å². The van der Waals surface area contributed by atoms with E-state index in [1.807, 2.05) is 0 Å². The normalized spacial score (nSPS) is 12.3. The maximum absolute atomic E-state index is 12.9. The van der Waals surface area contributed by atoms with Crippen LogP contribution in [0.2, 0.25) is 0 Å². The molecule has 0 radical (unpaired) electrons. The van der Waals surface area contributed by atoms with Crippen LogP contribution in [0, 0.1) is 0 Å². The molecule has 0 bridgehead atoms. The highest BCUT2D eigenvalue weighted by Crippen LogP contribution is 2.17. The van der Waals surface area contributed by atoms with Gasteiger partial charge in [-0.2, -0.15) is 0 Å². The molecule has 414 valence electrons. The summed E-state index contributed by atoms with van der Waals surface area (Å²) in [7, 11) is 0. The Balaban J connectivity index is 4.16. The number of carbonyl (C=O) groups is 3. The van der Waals surface area contributed by atoms with Crippen LogP contribution in [-0.4, -0.2) is 37.2 Å². The van der Waals surface area contributed by atoms with Crippen molar-refractivity contribution in [2.45, 2.75) is 335 Å². The van der Waals surface area contributed by atoms with E-state index in [-0.39, 0.29) is 31.1 Å². The summed E-state index contributed by atoms with van der Waals surface area (Å²) in [5.74, 6) is -0.859. The monoisotopic (exact) mass is 995 g/mol. The summed E-state index contributed by atoms with van der Waals surface area (Å²) >= 11 is 0. The Kier molecular flexibility index (Phi) is 57.7. The van der Waals surface area contributed by atoms with Crippen LogP contribution in [0.25, 0.3) is 0 Å². The Bertz CT molecular complexity index is 1230. The minimum atomic E-state index is -0.770. The predicted molar refractivity (Wildman–Crippen MR) is 307 cm³/mol. The van der Waals surface area contributed by atoms with E-state index in [1.165, 1.54) is 205 Å². The van der Waals surface area contributed by atoms with Crippen molar-refractivity contribution >= 4 is 17.9 Å². The van der Waals surface area contributed by atoms with Gasteiger partial charge in [0, 0.05) is 19.3 Å². The van der Waals surface area contributed by atoms with Crippen LogP contribution in [0.4, 0.5) is 0 Å². The molecule has 0 heterocycles. The van der Waals surface area contributed by atoms with Crippen molar-refractivity contribution < 1.29 is 28.6 Å². The van der Waals surface area contributed by atoms with Crippen molar-refractivity contribution in [1.82, 2.24) is 0 Å². The fourth-order valence-electron chi connectivity index (χ4n) is 9.20. The zero-order valence-corrected chi connectivity index (χ0v) is 47.5. The van der Waals surface area contributed by atoms with Crippen LogP contribution in [0.1, 0.15) is 329 Å². The highest BCUT2D eigenvalue weighted by atomic mass is 16.6. The molecular formula is C65H118O6. The number of hydrogen-bond acceptors (Lipinski definition) is 6. The summed E-state index contributed by atoms with van der Waals surface area (Å²) in [6, 6.07) is 0. The van der Waals surface area contributed by atoms with Crippen LogP contribution < -0.4 is 0 Å². The Hall–Kier alpha value is -2.63. The van der Waals surface area contributed by atoms with E-state index in [4.69, 9.17) is 14.2 Å². The van der Waals surface area contributed by atoms with Gasteiger partial charge in [0.15, 0.2) is 6.10 Å². The van der Waals surface area contributed by atoms with Gasteiger partial charge in [0.2, 0.25) is 0 Å². The first-order valence-corrected chi connectivity index (χ1v) is 31.1. The molecule has 71 heavy (non-hydrogen) atoms. The highest BCUT2D eigenvalue weighted by molar-refractivity contribution is 5.71. The second-order valence-corrected chi connectivity index (χ2v) is 21.0. The lowest BCUT2D eigenvalue weighted by Gasteiger charge is -2.18. The molecule has 6 nitrogen and oxygen atoms in total. The predicted octanol–water partition coefficient (Wildman–Crippen LogP) is 21.0. The number of hydrogen-bond donors (Lipinski definition) is 0. The van der Waals surface area contributed by atoms with Gasteiger partial charge >= 0.3 is 17.9 Å². The molecular weight excluding hydrogens is 877 g/mol. The Labute approximate surface area is 441 Å². The van der Waals surface area contributed by atoms with Gasteiger partial charge < -0.3 is 14.2 Å². The molecule has 0 aromatic heterocycles. The lowest BCUT2D eigenvalue weighted by molar-refractivity contribution is -0.167. The second-order valence-electron chi connectivity index (χ2n) is 21.0. The van der Waals surface area contributed by atoms with Gasteiger partial charge in [0.05, 0.1) is 0 Å². The maximum atomic E-state index is 12.9. The van der Waals surface area contributed by atoms with E-state index in [2.05, 4.69) is 69.4 Å². The quantitative estimate of drug-likeness (QED) is 0.0261. The fraction of sp³-hybridized carbons (Fsp3) is 0.831. The van der Waals surface area contributed by atoms with Crippen molar-refractivity contribution in [1.29, 1.82) is 0 Å². The number of esters is 3.